The van der Waals surface area contributed by atoms with Gasteiger partial charge in [0.2, 0.25) is 0 Å². The fourth-order valence-corrected chi connectivity index (χ4v) is 5.81. The van der Waals surface area contributed by atoms with Crippen molar-refractivity contribution < 1.29 is 49.6 Å². The Morgan fingerprint density at radius 3 is 2.32 bits per heavy atom. The first-order valence-corrected chi connectivity index (χ1v) is 11.4. The maximum absolute atomic E-state index is 10.6. The Balaban J connectivity index is 1.52. The molecular formula is C21H37O10+. The molecule has 2 saturated carbocycles. The predicted molar refractivity (Wildman–Crippen MR) is 106 cm³/mol. The normalized spacial score (nSPS) is 53.7. The van der Waals surface area contributed by atoms with Gasteiger partial charge in [-0.25, -0.2) is 0 Å². The second kappa shape index (κ2) is 9.84. The molecule has 2 heterocycles. The van der Waals surface area contributed by atoms with Crippen molar-refractivity contribution in [3.05, 3.63) is 0 Å². The molecule has 10 heteroatoms. The molecule has 10 nitrogen and oxygen atoms in total. The molecule has 2 aliphatic heterocycles. The Hall–Kier alpha value is -0.400. The van der Waals surface area contributed by atoms with Crippen molar-refractivity contribution in [1.82, 2.24) is 0 Å². The molecule has 4 rings (SSSR count). The van der Waals surface area contributed by atoms with Gasteiger partial charge in [0.15, 0.2) is 18.5 Å². The van der Waals surface area contributed by atoms with Gasteiger partial charge < -0.3 is 49.6 Å². The Morgan fingerprint density at radius 2 is 1.58 bits per heavy atom. The van der Waals surface area contributed by atoms with E-state index in [2.05, 4.69) is 0 Å². The van der Waals surface area contributed by atoms with E-state index in [-0.39, 0.29) is 36.8 Å². The van der Waals surface area contributed by atoms with Crippen LogP contribution in [-0.2, 0) is 14.2 Å². The van der Waals surface area contributed by atoms with Crippen LogP contribution in [0.5, 0.6) is 0 Å². The molecule has 0 aromatic heterocycles. The molecule has 0 aromatic rings. The third-order valence-corrected chi connectivity index (χ3v) is 7.61. The molecule has 2 saturated heterocycles. The summed E-state index contributed by atoms with van der Waals surface area (Å²) in [5.41, 5.74) is 0. The number of aliphatic hydroxyl groups is 8. The second-order valence-corrected chi connectivity index (χ2v) is 9.64. The molecule has 31 heavy (non-hydrogen) atoms. The highest BCUT2D eigenvalue weighted by Gasteiger charge is 2.54. The van der Waals surface area contributed by atoms with Gasteiger partial charge in [0.1, 0.15) is 24.4 Å². The van der Waals surface area contributed by atoms with Crippen LogP contribution >= 0.6 is 0 Å². The fraction of sp³-hybridized carbons (Fsp3) is 1.00. The van der Waals surface area contributed by atoms with Crippen LogP contribution in [0.25, 0.3) is 0 Å². The van der Waals surface area contributed by atoms with Gasteiger partial charge in [0.05, 0.1) is 36.9 Å². The number of hydrogen-bond donors (Lipinski definition) is 6. The minimum absolute atomic E-state index is 0.0618. The molecule has 0 aromatic carbocycles. The number of fused-ring (bicyclic) bond motifs is 1. The minimum atomic E-state index is -1.40. The van der Waals surface area contributed by atoms with Crippen molar-refractivity contribution in [2.75, 3.05) is 13.7 Å². The standard InChI is InChI=1S/C21H36O10/c1-28-16-4-9(2-3-12(16)23)20-17(31-21-19(27)18(26)14(25)8-29-21)7-11-13(24)5-10(22)6-15(11)30-20/h9-27H,2-8H2,1H3/p+1/t9?,10?,11?,12?,13?,14-,15?,16?,17?,18-,19+,20?,21-/m0/s1. The third kappa shape index (κ3) is 4.93. The SMILES string of the molecule is COC1CC(C2[OH+]C3CC(O)CC(O)C3CC2O[C@@H]2OC[C@H](O)[C@H](O)[C@H]2O)CCC1O. The van der Waals surface area contributed by atoms with Crippen LogP contribution < -0.4 is 0 Å². The molecular weight excluding hydrogens is 412 g/mol. The molecule has 9 unspecified atom stereocenters. The third-order valence-electron chi connectivity index (χ3n) is 7.61. The van der Waals surface area contributed by atoms with Gasteiger partial charge in [-0.15, -0.1) is 0 Å². The Morgan fingerprint density at radius 1 is 0.806 bits per heavy atom. The van der Waals surface area contributed by atoms with Gasteiger partial charge in [-0.2, -0.15) is 0 Å². The molecule has 180 valence electrons. The number of aliphatic hydroxyl groups excluding tert-OH is 6. The van der Waals surface area contributed by atoms with E-state index in [0.29, 0.717) is 32.1 Å². The zero-order chi connectivity index (χ0) is 22.3. The van der Waals surface area contributed by atoms with E-state index in [4.69, 9.17) is 18.9 Å². The van der Waals surface area contributed by atoms with Gasteiger partial charge >= 0.3 is 0 Å². The monoisotopic (exact) mass is 449 g/mol. The molecule has 0 radical (unpaired) electrons. The van der Waals surface area contributed by atoms with Crippen LogP contribution in [0.1, 0.15) is 38.5 Å². The molecule has 2 aliphatic carbocycles. The quantitative estimate of drug-likeness (QED) is 0.261. The van der Waals surface area contributed by atoms with Crippen molar-refractivity contribution in [1.29, 1.82) is 0 Å². The molecule has 0 amide bonds. The topological polar surface area (TPSA) is 162 Å². The Kier molecular flexibility index (Phi) is 7.54. The van der Waals surface area contributed by atoms with Crippen molar-refractivity contribution in [2.45, 2.75) is 106 Å². The molecule has 0 spiro atoms. The zero-order valence-electron chi connectivity index (χ0n) is 17.8. The maximum Gasteiger partial charge on any atom is 0.186 e. The summed E-state index contributed by atoms with van der Waals surface area (Å²) in [5, 5.41) is 61.0. The van der Waals surface area contributed by atoms with Crippen LogP contribution in [-0.4, -0.2) is 116 Å². The lowest BCUT2D eigenvalue weighted by molar-refractivity contribution is -0.345. The first kappa shape index (κ1) is 23.7. The van der Waals surface area contributed by atoms with Crippen molar-refractivity contribution in [2.24, 2.45) is 11.8 Å². The van der Waals surface area contributed by atoms with E-state index < -0.39 is 49.0 Å². The summed E-state index contributed by atoms with van der Waals surface area (Å²) < 4.78 is 22.0. The average molecular weight is 450 g/mol. The average Bonchev–Trinajstić information content (AvgIpc) is 2.74. The highest BCUT2D eigenvalue weighted by molar-refractivity contribution is 4.98. The van der Waals surface area contributed by atoms with Crippen molar-refractivity contribution in [3.8, 4) is 0 Å². The fourth-order valence-electron chi connectivity index (χ4n) is 5.81. The summed E-state index contributed by atoms with van der Waals surface area (Å²) >= 11 is 0. The Bertz CT molecular complexity index is 593. The summed E-state index contributed by atoms with van der Waals surface area (Å²) in [6.45, 7) is -0.153. The smallest absolute Gasteiger partial charge is 0.186 e. The largest absolute Gasteiger partial charge is 0.427 e. The summed E-state index contributed by atoms with van der Waals surface area (Å²) in [7, 11) is 1.57. The van der Waals surface area contributed by atoms with E-state index in [9.17, 15) is 30.6 Å². The van der Waals surface area contributed by atoms with Crippen molar-refractivity contribution >= 4 is 0 Å². The number of methoxy groups -OCH3 is 1. The zero-order valence-corrected chi connectivity index (χ0v) is 17.8. The number of ether oxygens (including phenoxy) is 4. The van der Waals surface area contributed by atoms with Crippen LogP contribution in [0.4, 0.5) is 0 Å². The lowest BCUT2D eigenvalue weighted by Gasteiger charge is -2.48. The van der Waals surface area contributed by atoms with E-state index in [0.717, 1.165) is 6.42 Å². The van der Waals surface area contributed by atoms with E-state index >= 15 is 0 Å². The molecule has 4 aliphatic rings. The van der Waals surface area contributed by atoms with Gasteiger partial charge in [0, 0.05) is 25.9 Å². The maximum atomic E-state index is 10.6. The first-order chi connectivity index (χ1) is 14.8. The highest BCUT2D eigenvalue weighted by atomic mass is 16.7. The number of rotatable bonds is 4. The van der Waals surface area contributed by atoms with Gasteiger partial charge in [-0.1, -0.05) is 0 Å². The summed E-state index contributed by atoms with van der Waals surface area (Å²) in [5.74, 6) is -0.111. The van der Waals surface area contributed by atoms with E-state index in [1.165, 1.54) is 0 Å². The lowest BCUT2D eigenvalue weighted by Crippen LogP contribution is -2.61. The van der Waals surface area contributed by atoms with Gasteiger partial charge in [-0.05, 0) is 25.7 Å². The van der Waals surface area contributed by atoms with Crippen LogP contribution in [0.15, 0.2) is 0 Å². The summed E-state index contributed by atoms with van der Waals surface area (Å²) in [6.07, 6.45) is -5.00. The second-order valence-electron chi connectivity index (χ2n) is 9.64. The van der Waals surface area contributed by atoms with Gasteiger partial charge in [-0.3, -0.25) is 0 Å². The molecule has 4 fully saturated rings. The van der Waals surface area contributed by atoms with Crippen LogP contribution in [0.2, 0.25) is 0 Å². The predicted octanol–water partition coefficient (Wildman–Crippen LogP) is -2.21. The van der Waals surface area contributed by atoms with E-state index in [1.807, 2.05) is 0 Å². The molecule has 0 bridgehead atoms. The Labute approximate surface area is 181 Å². The minimum Gasteiger partial charge on any atom is -0.427 e. The summed E-state index contributed by atoms with van der Waals surface area (Å²) in [6, 6.07) is 0. The molecule has 13 atom stereocenters. The highest BCUT2D eigenvalue weighted by Crippen LogP contribution is 2.42. The number of hydrogen-bond acceptors (Lipinski definition) is 9. The van der Waals surface area contributed by atoms with E-state index in [1.54, 1.807) is 7.11 Å². The van der Waals surface area contributed by atoms with Crippen molar-refractivity contribution in [3.63, 3.8) is 0 Å². The van der Waals surface area contributed by atoms with Gasteiger partial charge in [0.25, 0.3) is 0 Å². The first-order valence-electron chi connectivity index (χ1n) is 11.4. The van der Waals surface area contributed by atoms with Crippen LogP contribution in [0, 0.1) is 11.8 Å². The summed E-state index contributed by atoms with van der Waals surface area (Å²) in [4.78, 5) is 0. The van der Waals surface area contributed by atoms with Crippen LogP contribution in [0.3, 0.4) is 0 Å². The molecule has 7 N–H and O–H groups in total. The lowest BCUT2D eigenvalue weighted by atomic mass is 9.72.